The van der Waals surface area contributed by atoms with Gasteiger partial charge in [0.1, 0.15) is 0 Å². The lowest BCUT2D eigenvalue weighted by atomic mass is 9.93. The first kappa shape index (κ1) is 26.6. The molecule has 2 aromatic carbocycles. The first-order chi connectivity index (χ1) is 17.2. The van der Waals surface area contributed by atoms with Crippen molar-refractivity contribution in [2.45, 2.75) is 52.7 Å². The third kappa shape index (κ3) is 6.78. The number of urea groups is 1. The topological polar surface area (TPSA) is 115 Å². The molecule has 9 nitrogen and oxygen atoms in total. The highest BCUT2D eigenvalue weighted by atomic mass is 16.5. The molecule has 0 saturated heterocycles. The largest absolute Gasteiger partial charge is 0.493 e. The maximum absolute atomic E-state index is 13.0. The Balaban J connectivity index is 1.82. The van der Waals surface area contributed by atoms with Crippen LogP contribution in [0.5, 0.6) is 11.5 Å². The minimum Gasteiger partial charge on any atom is -0.493 e. The molecule has 0 aliphatic carbocycles. The van der Waals surface area contributed by atoms with Gasteiger partial charge in [0.2, 0.25) is 0 Å². The Morgan fingerprint density at radius 3 is 2.44 bits per heavy atom. The van der Waals surface area contributed by atoms with Gasteiger partial charge in [-0.05, 0) is 57.0 Å². The Hall–Kier alpha value is -4.01. The number of esters is 1. The number of nitrogens with one attached hydrogen (secondary N) is 3. The van der Waals surface area contributed by atoms with Gasteiger partial charge >= 0.3 is 12.0 Å². The number of methoxy groups -OCH3 is 1. The first-order valence-corrected chi connectivity index (χ1v) is 11.9. The molecular weight excluding hydrogens is 462 g/mol. The van der Waals surface area contributed by atoms with E-state index in [-0.39, 0.29) is 18.6 Å². The molecule has 3 amide bonds. The van der Waals surface area contributed by atoms with Gasteiger partial charge in [0.05, 0.1) is 24.8 Å². The molecule has 1 aliphatic heterocycles. The first-order valence-electron chi connectivity index (χ1n) is 11.9. The number of amides is 3. The quantitative estimate of drug-likeness (QED) is 0.422. The highest BCUT2D eigenvalue weighted by Crippen LogP contribution is 2.35. The van der Waals surface area contributed by atoms with Gasteiger partial charge in [-0.15, -0.1) is 0 Å². The third-order valence-corrected chi connectivity index (χ3v) is 5.43. The Morgan fingerprint density at radius 2 is 1.81 bits per heavy atom. The van der Waals surface area contributed by atoms with Crippen LogP contribution in [0.2, 0.25) is 0 Å². The summed E-state index contributed by atoms with van der Waals surface area (Å²) in [6.07, 6.45) is 0.935. The van der Waals surface area contributed by atoms with Crippen molar-refractivity contribution >= 4 is 23.6 Å². The van der Waals surface area contributed by atoms with Gasteiger partial charge in [0.25, 0.3) is 5.91 Å². The molecule has 0 spiro atoms. The number of rotatable bonds is 10. The van der Waals surface area contributed by atoms with Crippen molar-refractivity contribution in [2.75, 3.05) is 19.0 Å². The van der Waals surface area contributed by atoms with E-state index in [1.807, 2.05) is 38.1 Å². The van der Waals surface area contributed by atoms with Crippen molar-refractivity contribution < 1.29 is 28.6 Å². The molecule has 1 heterocycles. The molecular formula is C27H33N3O6. The van der Waals surface area contributed by atoms with E-state index >= 15 is 0 Å². The second-order valence-electron chi connectivity index (χ2n) is 8.74. The van der Waals surface area contributed by atoms with Gasteiger partial charge in [-0.3, -0.25) is 4.79 Å². The summed E-state index contributed by atoms with van der Waals surface area (Å²) >= 11 is 0. The molecule has 9 heteroatoms. The summed E-state index contributed by atoms with van der Waals surface area (Å²) in [4.78, 5) is 37.7. The lowest BCUT2D eigenvalue weighted by molar-refractivity contribution is -0.143. The summed E-state index contributed by atoms with van der Waals surface area (Å²) < 4.78 is 16.6. The summed E-state index contributed by atoms with van der Waals surface area (Å²) in [6.45, 7) is 7.25. The van der Waals surface area contributed by atoms with E-state index in [4.69, 9.17) is 14.2 Å². The molecule has 1 unspecified atom stereocenters. The predicted molar refractivity (Wildman–Crippen MR) is 136 cm³/mol. The number of carbonyl (C=O) groups excluding carboxylic acids is 3. The van der Waals surface area contributed by atoms with Crippen LogP contribution in [0.15, 0.2) is 53.7 Å². The maximum atomic E-state index is 13.0. The minimum absolute atomic E-state index is 0.222. The van der Waals surface area contributed by atoms with Crippen LogP contribution in [0, 0.1) is 6.92 Å². The number of allylic oxidation sites excluding steroid dienone is 1. The van der Waals surface area contributed by atoms with E-state index in [1.165, 1.54) is 7.11 Å². The SMILES string of the molecule is CCCC1=C(C(=O)OC(C)C)C(c2ccc(OCC(=O)Nc3ccc(C)cc3)c(OC)c2)NC(=O)N1. The van der Waals surface area contributed by atoms with Crippen molar-refractivity contribution in [1.29, 1.82) is 0 Å². The summed E-state index contributed by atoms with van der Waals surface area (Å²) in [7, 11) is 1.48. The van der Waals surface area contributed by atoms with Gasteiger partial charge in [0.15, 0.2) is 18.1 Å². The Labute approximate surface area is 211 Å². The second-order valence-corrected chi connectivity index (χ2v) is 8.74. The van der Waals surface area contributed by atoms with Crippen molar-refractivity contribution in [3.63, 3.8) is 0 Å². The number of anilines is 1. The molecule has 1 aliphatic rings. The lowest BCUT2D eigenvalue weighted by Crippen LogP contribution is -2.46. The van der Waals surface area contributed by atoms with E-state index in [9.17, 15) is 14.4 Å². The average molecular weight is 496 g/mol. The van der Waals surface area contributed by atoms with Crippen LogP contribution >= 0.6 is 0 Å². The maximum Gasteiger partial charge on any atom is 0.338 e. The van der Waals surface area contributed by atoms with E-state index < -0.39 is 18.0 Å². The summed E-state index contributed by atoms with van der Waals surface area (Å²) in [5.74, 6) is -0.110. The number of aryl methyl sites for hydroxylation is 1. The van der Waals surface area contributed by atoms with Crippen LogP contribution in [0.25, 0.3) is 0 Å². The fraction of sp³-hybridized carbons (Fsp3) is 0.370. The molecule has 0 fully saturated rings. The zero-order valence-electron chi connectivity index (χ0n) is 21.3. The molecule has 36 heavy (non-hydrogen) atoms. The zero-order valence-corrected chi connectivity index (χ0v) is 21.3. The molecule has 192 valence electrons. The van der Waals surface area contributed by atoms with Crippen LogP contribution in [-0.4, -0.2) is 37.7 Å². The number of carbonyl (C=O) groups is 3. The summed E-state index contributed by atoms with van der Waals surface area (Å²) in [5.41, 5.74) is 3.26. The van der Waals surface area contributed by atoms with Gasteiger partial charge in [0, 0.05) is 11.4 Å². The average Bonchev–Trinajstić information content (AvgIpc) is 2.83. The van der Waals surface area contributed by atoms with E-state index in [1.54, 1.807) is 32.0 Å². The fourth-order valence-corrected chi connectivity index (χ4v) is 3.79. The Kier molecular flexibility index (Phi) is 8.94. The van der Waals surface area contributed by atoms with Crippen LogP contribution < -0.4 is 25.4 Å². The summed E-state index contributed by atoms with van der Waals surface area (Å²) in [5, 5.41) is 8.33. The number of benzene rings is 2. The fourth-order valence-electron chi connectivity index (χ4n) is 3.79. The highest BCUT2D eigenvalue weighted by Gasteiger charge is 2.34. The minimum atomic E-state index is -0.737. The zero-order chi connectivity index (χ0) is 26.2. The van der Waals surface area contributed by atoms with Crippen molar-refractivity contribution in [3.05, 3.63) is 64.9 Å². The molecule has 0 bridgehead atoms. The van der Waals surface area contributed by atoms with Gasteiger partial charge in [-0.25, -0.2) is 9.59 Å². The van der Waals surface area contributed by atoms with E-state index in [2.05, 4.69) is 16.0 Å². The standard InChI is InChI=1S/C27H33N3O6/c1-6-7-20-24(26(32)36-16(2)3)25(30-27(33)29-20)18-10-13-21(22(14-18)34-5)35-15-23(31)28-19-11-8-17(4)9-12-19/h8-14,16,25H,6-7,15H2,1-5H3,(H,28,31)(H2,29,30,33). The second kappa shape index (κ2) is 12.1. The van der Waals surface area contributed by atoms with E-state index in [0.717, 1.165) is 12.0 Å². The molecule has 0 radical (unpaired) electrons. The van der Waals surface area contributed by atoms with Crippen LogP contribution in [-0.2, 0) is 14.3 Å². The molecule has 0 saturated carbocycles. The monoisotopic (exact) mass is 495 g/mol. The number of ether oxygens (including phenoxy) is 3. The van der Waals surface area contributed by atoms with Crippen molar-refractivity contribution in [3.8, 4) is 11.5 Å². The number of hydrogen-bond acceptors (Lipinski definition) is 6. The lowest BCUT2D eigenvalue weighted by Gasteiger charge is -2.30. The molecule has 3 N–H and O–H groups in total. The molecule has 3 rings (SSSR count). The van der Waals surface area contributed by atoms with Crippen molar-refractivity contribution in [2.24, 2.45) is 0 Å². The van der Waals surface area contributed by atoms with E-state index in [0.29, 0.717) is 40.4 Å². The smallest absolute Gasteiger partial charge is 0.338 e. The third-order valence-electron chi connectivity index (χ3n) is 5.43. The van der Waals surface area contributed by atoms with Gasteiger partial charge in [-0.2, -0.15) is 0 Å². The molecule has 1 atom stereocenters. The van der Waals surface area contributed by atoms with Crippen LogP contribution in [0.4, 0.5) is 10.5 Å². The highest BCUT2D eigenvalue weighted by molar-refractivity contribution is 5.95. The molecule has 0 aromatic heterocycles. The predicted octanol–water partition coefficient (Wildman–Crippen LogP) is 4.38. The van der Waals surface area contributed by atoms with Crippen LogP contribution in [0.1, 0.15) is 50.8 Å². The normalized spacial score (nSPS) is 15.2. The van der Waals surface area contributed by atoms with Gasteiger partial charge in [-0.1, -0.05) is 37.1 Å². The molecule has 2 aromatic rings. The Bertz CT molecular complexity index is 1140. The Morgan fingerprint density at radius 1 is 1.08 bits per heavy atom. The summed E-state index contributed by atoms with van der Waals surface area (Å²) in [6, 6.07) is 11.3. The van der Waals surface area contributed by atoms with Crippen molar-refractivity contribution in [1.82, 2.24) is 10.6 Å². The van der Waals surface area contributed by atoms with Crippen LogP contribution in [0.3, 0.4) is 0 Å². The number of hydrogen-bond donors (Lipinski definition) is 3. The van der Waals surface area contributed by atoms with Gasteiger partial charge < -0.3 is 30.2 Å².